The highest BCUT2D eigenvalue weighted by molar-refractivity contribution is 7.18. The lowest BCUT2D eigenvalue weighted by atomic mass is 9.94. The summed E-state index contributed by atoms with van der Waals surface area (Å²) in [6, 6.07) is 15.1. The minimum Gasteiger partial charge on any atom is -0.355 e. The molecule has 4 nitrogen and oxygen atoms in total. The van der Waals surface area contributed by atoms with Gasteiger partial charge in [0, 0.05) is 19.0 Å². The number of benzene rings is 2. The molecule has 2 N–H and O–H groups in total. The first-order valence-electron chi connectivity index (χ1n) is 9.79. The molecule has 4 rings (SSSR count). The Morgan fingerprint density at radius 3 is 2.79 bits per heavy atom. The van der Waals surface area contributed by atoms with Crippen molar-refractivity contribution in [3.05, 3.63) is 64.9 Å². The zero-order valence-electron chi connectivity index (χ0n) is 15.7. The lowest BCUT2D eigenvalue weighted by molar-refractivity contribution is -0.120. The Labute approximate surface area is 168 Å². The first kappa shape index (κ1) is 19.0. The molecule has 1 fully saturated rings. The summed E-state index contributed by atoms with van der Waals surface area (Å²) in [7, 11) is 0. The maximum atomic E-state index is 13.2. The zero-order valence-corrected chi connectivity index (χ0v) is 16.5. The van der Waals surface area contributed by atoms with E-state index in [2.05, 4.69) is 21.7 Å². The van der Waals surface area contributed by atoms with Crippen molar-refractivity contribution in [2.24, 2.45) is 0 Å². The number of hydrogen-bond donors (Lipinski definition) is 2. The van der Waals surface area contributed by atoms with Crippen LogP contribution >= 0.6 is 11.3 Å². The van der Waals surface area contributed by atoms with E-state index >= 15 is 0 Å². The summed E-state index contributed by atoms with van der Waals surface area (Å²) in [5.41, 5.74) is 2.16. The lowest BCUT2D eigenvalue weighted by Crippen LogP contribution is -2.40. The first-order chi connectivity index (χ1) is 13.7. The van der Waals surface area contributed by atoms with Crippen LogP contribution in [-0.4, -0.2) is 30.0 Å². The molecule has 1 aliphatic carbocycles. The van der Waals surface area contributed by atoms with E-state index in [1.807, 2.05) is 30.3 Å². The SMILES string of the molecule is O=C(CN[C@@H]1CCC[C@H]1c1ccc(F)cc1)NCCc1nc2ccccc2s1. The Morgan fingerprint density at radius 2 is 1.96 bits per heavy atom. The molecule has 28 heavy (non-hydrogen) atoms. The molecule has 1 saturated carbocycles. The van der Waals surface area contributed by atoms with E-state index < -0.39 is 0 Å². The molecule has 0 spiro atoms. The van der Waals surface area contributed by atoms with Crippen molar-refractivity contribution in [1.82, 2.24) is 15.6 Å². The molecular formula is C22H24FN3OS. The van der Waals surface area contributed by atoms with Crippen molar-refractivity contribution in [2.45, 2.75) is 37.6 Å². The van der Waals surface area contributed by atoms with E-state index in [0.29, 0.717) is 19.0 Å². The summed E-state index contributed by atoms with van der Waals surface area (Å²) in [4.78, 5) is 16.8. The summed E-state index contributed by atoms with van der Waals surface area (Å²) in [5, 5.41) is 7.42. The molecule has 1 heterocycles. The number of hydrogen-bond acceptors (Lipinski definition) is 4. The summed E-state index contributed by atoms with van der Waals surface area (Å²) in [5.74, 6) is 0.140. The molecule has 146 valence electrons. The fourth-order valence-corrected chi connectivity index (χ4v) is 4.90. The van der Waals surface area contributed by atoms with E-state index in [4.69, 9.17) is 0 Å². The normalized spacial score (nSPS) is 19.2. The topological polar surface area (TPSA) is 54.0 Å². The highest BCUT2D eigenvalue weighted by Crippen LogP contribution is 2.34. The molecule has 1 aromatic heterocycles. The minimum absolute atomic E-state index is 0.00543. The third kappa shape index (κ3) is 4.56. The first-order valence-corrected chi connectivity index (χ1v) is 10.6. The van der Waals surface area contributed by atoms with Crippen molar-refractivity contribution < 1.29 is 9.18 Å². The molecule has 0 radical (unpaired) electrons. The standard InChI is InChI=1S/C22H24FN3OS/c23-16-10-8-15(9-11-16)17-4-3-6-18(17)25-14-21(27)24-13-12-22-26-19-5-1-2-7-20(19)28-22/h1-2,5,7-11,17-18,25H,3-4,6,12-14H2,(H,24,27)/t17-,18+/m0/s1. The number of nitrogens with zero attached hydrogens (tertiary/aromatic N) is 1. The van der Waals surface area contributed by atoms with Crippen molar-refractivity contribution in [2.75, 3.05) is 13.1 Å². The third-order valence-electron chi connectivity index (χ3n) is 5.34. The maximum absolute atomic E-state index is 13.2. The fourth-order valence-electron chi connectivity index (χ4n) is 3.94. The van der Waals surface area contributed by atoms with Gasteiger partial charge in [-0.15, -0.1) is 11.3 Å². The second-order valence-corrected chi connectivity index (χ2v) is 8.37. The Balaban J connectivity index is 1.23. The molecular weight excluding hydrogens is 373 g/mol. The maximum Gasteiger partial charge on any atom is 0.233 e. The average molecular weight is 398 g/mol. The number of aromatic nitrogens is 1. The number of nitrogens with one attached hydrogen (secondary N) is 2. The van der Waals surface area contributed by atoms with E-state index in [9.17, 15) is 9.18 Å². The van der Waals surface area contributed by atoms with E-state index in [-0.39, 0.29) is 17.8 Å². The van der Waals surface area contributed by atoms with Gasteiger partial charge in [-0.3, -0.25) is 4.79 Å². The van der Waals surface area contributed by atoms with E-state index in [1.165, 1.54) is 16.8 Å². The fraction of sp³-hybridized carbons (Fsp3) is 0.364. The van der Waals surface area contributed by atoms with Crippen molar-refractivity contribution in [1.29, 1.82) is 0 Å². The van der Waals surface area contributed by atoms with Gasteiger partial charge in [-0.05, 0) is 48.6 Å². The number of carbonyl (C=O) groups excluding carboxylic acids is 1. The van der Waals surface area contributed by atoms with Gasteiger partial charge in [0.2, 0.25) is 5.91 Å². The predicted molar refractivity (Wildman–Crippen MR) is 111 cm³/mol. The van der Waals surface area contributed by atoms with Gasteiger partial charge >= 0.3 is 0 Å². The van der Waals surface area contributed by atoms with Gasteiger partial charge in [-0.2, -0.15) is 0 Å². The number of rotatable bonds is 7. The monoisotopic (exact) mass is 397 g/mol. The summed E-state index contributed by atoms with van der Waals surface area (Å²) < 4.78 is 14.3. The van der Waals surface area contributed by atoms with Gasteiger partial charge in [-0.25, -0.2) is 9.37 Å². The number of carbonyl (C=O) groups is 1. The van der Waals surface area contributed by atoms with E-state index in [1.54, 1.807) is 11.3 Å². The molecule has 3 aromatic rings. The molecule has 1 amide bonds. The zero-order chi connectivity index (χ0) is 19.3. The Hall–Kier alpha value is -2.31. The number of para-hydroxylation sites is 1. The lowest BCUT2D eigenvalue weighted by Gasteiger charge is -2.21. The van der Waals surface area contributed by atoms with Crippen LogP contribution in [0.4, 0.5) is 4.39 Å². The van der Waals surface area contributed by atoms with Crippen LogP contribution in [0.5, 0.6) is 0 Å². The van der Waals surface area contributed by atoms with Gasteiger partial charge in [0.25, 0.3) is 0 Å². The molecule has 0 saturated heterocycles. The quantitative estimate of drug-likeness (QED) is 0.633. The van der Waals surface area contributed by atoms with Gasteiger partial charge in [0.05, 0.1) is 21.8 Å². The molecule has 2 aromatic carbocycles. The molecule has 0 bridgehead atoms. The van der Waals surface area contributed by atoms with Crippen molar-refractivity contribution >= 4 is 27.5 Å². The molecule has 6 heteroatoms. The second-order valence-electron chi connectivity index (χ2n) is 7.25. The Kier molecular flexibility index (Phi) is 5.98. The highest BCUT2D eigenvalue weighted by Gasteiger charge is 2.28. The van der Waals surface area contributed by atoms with Crippen LogP contribution in [0.1, 0.15) is 35.8 Å². The average Bonchev–Trinajstić information content (AvgIpc) is 3.33. The number of halogens is 1. The van der Waals surface area contributed by atoms with Gasteiger partial charge < -0.3 is 10.6 Å². The van der Waals surface area contributed by atoms with Crippen molar-refractivity contribution in [3.8, 4) is 0 Å². The molecule has 0 aliphatic heterocycles. The molecule has 2 atom stereocenters. The van der Waals surface area contributed by atoms with Crippen LogP contribution in [0.15, 0.2) is 48.5 Å². The number of fused-ring (bicyclic) bond motifs is 1. The van der Waals surface area contributed by atoms with Crippen LogP contribution in [0.25, 0.3) is 10.2 Å². The Morgan fingerprint density at radius 1 is 1.14 bits per heavy atom. The predicted octanol–water partition coefficient (Wildman–Crippen LogP) is 4.02. The van der Waals surface area contributed by atoms with Crippen LogP contribution in [0, 0.1) is 5.82 Å². The van der Waals surface area contributed by atoms with Gasteiger partial charge in [-0.1, -0.05) is 30.7 Å². The second kappa shape index (κ2) is 8.80. The Bertz CT molecular complexity index is 907. The minimum atomic E-state index is -0.209. The van der Waals surface area contributed by atoms with Crippen LogP contribution in [0.3, 0.4) is 0 Å². The summed E-state index contributed by atoms with van der Waals surface area (Å²) in [6.07, 6.45) is 3.98. The largest absolute Gasteiger partial charge is 0.355 e. The molecule has 1 aliphatic rings. The van der Waals surface area contributed by atoms with Crippen LogP contribution in [0.2, 0.25) is 0 Å². The van der Waals surface area contributed by atoms with Crippen molar-refractivity contribution in [3.63, 3.8) is 0 Å². The van der Waals surface area contributed by atoms with Gasteiger partial charge in [0.15, 0.2) is 0 Å². The van der Waals surface area contributed by atoms with Crippen LogP contribution < -0.4 is 10.6 Å². The third-order valence-corrected chi connectivity index (χ3v) is 6.43. The van der Waals surface area contributed by atoms with Gasteiger partial charge in [0.1, 0.15) is 5.82 Å². The van der Waals surface area contributed by atoms with E-state index in [0.717, 1.165) is 41.8 Å². The van der Waals surface area contributed by atoms with Crippen LogP contribution in [-0.2, 0) is 11.2 Å². The molecule has 0 unspecified atom stereocenters. The number of thiazole rings is 1. The highest BCUT2D eigenvalue weighted by atomic mass is 32.1. The summed E-state index contributed by atoms with van der Waals surface area (Å²) in [6.45, 7) is 0.897. The smallest absolute Gasteiger partial charge is 0.233 e. The number of amides is 1. The summed E-state index contributed by atoms with van der Waals surface area (Å²) >= 11 is 1.68.